The van der Waals surface area contributed by atoms with Crippen LogP contribution in [-0.2, 0) is 0 Å². The molecular formula is C19H34N2. The Kier molecular flexibility index (Phi) is 3.25. The zero-order chi connectivity index (χ0) is 14.8. The predicted octanol–water partition coefficient (Wildman–Crippen LogP) is 3.66. The number of piperidine rings is 1. The highest BCUT2D eigenvalue weighted by Crippen LogP contribution is 2.62. The van der Waals surface area contributed by atoms with Crippen molar-refractivity contribution in [3.05, 3.63) is 0 Å². The number of nitrogens with one attached hydrogen (secondary N) is 1. The van der Waals surface area contributed by atoms with Crippen LogP contribution in [0.5, 0.6) is 0 Å². The van der Waals surface area contributed by atoms with E-state index >= 15 is 0 Å². The van der Waals surface area contributed by atoms with Crippen LogP contribution in [0.15, 0.2) is 0 Å². The van der Waals surface area contributed by atoms with Crippen LogP contribution in [0.2, 0.25) is 0 Å². The van der Waals surface area contributed by atoms with E-state index in [-0.39, 0.29) is 0 Å². The fourth-order valence-electron chi connectivity index (χ4n) is 6.79. The van der Waals surface area contributed by atoms with Crippen molar-refractivity contribution in [2.45, 2.75) is 83.8 Å². The molecule has 2 saturated heterocycles. The van der Waals surface area contributed by atoms with Gasteiger partial charge in [0.25, 0.3) is 0 Å². The Balaban J connectivity index is 1.39. The molecule has 5 atom stereocenters. The van der Waals surface area contributed by atoms with E-state index in [9.17, 15) is 0 Å². The molecule has 0 aromatic heterocycles. The maximum Gasteiger partial charge on any atom is 0.0175 e. The highest BCUT2D eigenvalue weighted by Gasteiger charge is 2.59. The summed E-state index contributed by atoms with van der Waals surface area (Å²) in [6.45, 7) is 8.88. The van der Waals surface area contributed by atoms with Crippen LogP contribution in [0.3, 0.4) is 0 Å². The summed E-state index contributed by atoms with van der Waals surface area (Å²) in [4.78, 5) is 2.67. The fraction of sp³-hybridized carbons (Fsp3) is 1.00. The molecule has 2 nitrogen and oxygen atoms in total. The molecule has 1 N–H and O–H groups in total. The maximum atomic E-state index is 4.08. The lowest BCUT2D eigenvalue weighted by Crippen LogP contribution is -2.52. The molecule has 4 rings (SSSR count). The summed E-state index contributed by atoms with van der Waals surface area (Å²) in [6, 6.07) is 2.53. The van der Waals surface area contributed by atoms with Crippen LogP contribution < -0.4 is 5.32 Å². The molecule has 0 radical (unpaired) electrons. The van der Waals surface area contributed by atoms with Crippen LogP contribution >= 0.6 is 0 Å². The summed E-state index contributed by atoms with van der Waals surface area (Å²) in [7, 11) is 2.35. The van der Waals surface area contributed by atoms with Gasteiger partial charge in [0.1, 0.15) is 0 Å². The number of fused-ring (bicyclic) bond motifs is 4. The Morgan fingerprint density at radius 1 is 1.05 bits per heavy atom. The predicted molar refractivity (Wildman–Crippen MR) is 88.3 cm³/mol. The van der Waals surface area contributed by atoms with Crippen molar-refractivity contribution in [3.63, 3.8) is 0 Å². The average molecular weight is 290 g/mol. The van der Waals surface area contributed by atoms with Crippen molar-refractivity contribution >= 4 is 0 Å². The summed E-state index contributed by atoms with van der Waals surface area (Å²) in [5.41, 5.74) is 1.09. The summed E-state index contributed by atoms with van der Waals surface area (Å²) >= 11 is 0. The molecule has 4 aliphatic rings. The maximum absolute atomic E-state index is 4.08. The third-order valence-electron chi connectivity index (χ3n) is 8.08. The molecular weight excluding hydrogens is 256 g/mol. The van der Waals surface area contributed by atoms with Crippen LogP contribution in [-0.4, -0.2) is 36.6 Å². The number of hydrogen-bond acceptors (Lipinski definition) is 2. The number of hydrogen-bond donors (Lipinski definition) is 1. The van der Waals surface area contributed by atoms with E-state index in [1.54, 1.807) is 0 Å². The topological polar surface area (TPSA) is 15.3 Å². The van der Waals surface area contributed by atoms with Gasteiger partial charge < -0.3 is 10.2 Å². The van der Waals surface area contributed by atoms with Gasteiger partial charge in [-0.3, -0.25) is 0 Å². The second kappa shape index (κ2) is 4.71. The van der Waals surface area contributed by atoms with E-state index in [2.05, 4.69) is 38.0 Å². The Hall–Kier alpha value is -0.0800. The Bertz CT molecular complexity index is 399. The highest BCUT2D eigenvalue weighted by atomic mass is 15.2. The third-order valence-corrected chi connectivity index (χ3v) is 8.08. The van der Waals surface area contributed by atoms with E-state index in [1.807, 2.05) is 0 Å². The Morgan fingerprint density at radius 2 is 1.71 bits per heavy atom. The second-order valence-electron chi connectivity index (χ2n) is 9.64. The SMILES string of the molecule is CN1C2CCC1CC(CNC1C(C)(C)[C@H]3CC[C@]1(C)C3)C2. The lowest BCUT2D eigenvalue weighted by Gasteiger charge is -2.45. The molecule has 0 amide bonds. The van der Waals surface area contributed by atoms with E-state index in [4.69, 9.17) is 0 Å². The van der Waals surface area contributed by atoms with Gasteiger partial charge in [0, 0.05) is 18.1 Å². The van der Waals surface area contributed by atoms with Crippen molar-refractivity contribution in [1.82, 2.24) is 10.2 Å². The molecule has 2 aliphatic carbocycles. The standard InChI is InChI=1S/C19H34N2/c1-18(2)14-7-8-19(3,11-14)17(18)20-12-13-9-15-5-6-16(10-13)21(15)4/h13-17,20H,5-12H2,1-4H3/t13?,14-,15?,16?,17?,19+/m0/s1. The molecule has 0 aromatic rings. The fourth-order valence-corrected chi connectivity index (χ4v) is 6.79. The summed E-state index contributed by atoms with van der Waals surface area (Å²) in [5, 5.41) is 4.08. The van der Waals surface area contributed by atoms with Gasteiger partial charge in [-0.25, -0.2) is 0 Å². The van der Waals surface area contributed by atoms with E-state index in [0.29, 0.717) is 10.8 Å². The van der Waals surface area contributed by atoms with Gasteiger partial charge in [-0.2, -0.15) is 0 Å². The first-order chi connectivity index (χ1) is 9.90. The number of rotatable bonds is 3. The van der Waals surface area contributed by atoms with Gasteiger partial charge in [-0.05, 0) is 81.2 Å². The minimum absolute atomic E-state index is 0.511. The highest BCUT2D eigenvalue weighted by molar-refractivity contribution is 5.12. The smallest absolute Gasteiger partial charge is 0.0175 e. The van der Waals surface area contributed by atoms with E-state index in [1.165, 1.54) is 51.5 Å². The molecule has 2 saturated carbocycles. The van der Waals surface area contributed by atoms with Gasteiger partial charge in [0.15, 0.2) is 0 Å². The third kappa shape index (κ3) is 2.12. The molecule has 2 aliphatic heterocycles. The second-order valence-corrected chi connectivity index (χ2v) is 9.64. The van der Waals surface area contributed by atoms with Crippen molar-refractivity contribution in [1.29, 1.82) is 0 Å². The van der Waals surface area contributed by atoms with Gasteiger partial charge in [-0.1, -0.05) is 20.8 Å². The van der Waals surface area contributed by atoms with Crippen LogP contribution in [0, 0.1) is 22.7 Å². The molecule has 2 heteroatoms. The molecule has 120 valence electrons. The van der Waals surface area contributed by atoms with Crippen molar-refractivity contribution in [3.8, 4) is 0 Å². The van der Waals surface area contributed by atoms with Crippen molar-refractivity contribution in [2.24, 2.45) is 22.7 Å². The van der Waals surface area contributed by atoms with E-state index in [0.717, 1.165) is 30.0 Å². The van der Waals surface area contributed by atoms with Gasteiger partial charge >= 0.3 is 0 Å². The summed E-state index contributed by atoms with van der Waals surface area (Å²) < 4.78 is 0. The molecule has 4 bridgehead atoms. The largest absolute Gasteiger partial charge is 0.313 e. The first-order valence-electron chi connectivity index (χ1n) is 9.35. The number of nitrogens with zero attached hydrogens (tertiary/aromatic N) is 1. The molecule has 0 spiro atoms. The molecule has 21 heavy (non-hydrogen) atoms. The average Bonchev–Trinajstić information content (AvgIpc) is 2.95. The quantitative estimate of drug-likeness (QED) is 0.853. The van der Waals surface area contributed by atoms with Gasteiger partial charge in [0.05, 0.1) is 0 Å². The first kappa shape index (κ1) is 14.5. The molecule has 0 aromatic carbocycles. The van der Waals surface area contributed by atoms with Crippen molar-refractivity contribution in [2.75, 3.05) is 13.6 Å². The Morgan fingerprint density at radius 3 is 2.29 bits per heavy atom. The zero-order valence-electron chi connectivity index (χ0n) is 14.5. The summed E-state index contributed by atoms with van der Waals surface area (Å²) in [6.07, 6.45) is 10.2. The van der Waals surface area contributed by atoms with Crippen LogP contribution in [0.1, 0.15) is 65.7 Å². The summed E-state index contributed by atoms with van der Waals surface area (Å²) in [5.74, 6) is 1.89. The Labute approximate surface area is 131 Å². The van der Waals surface area contributed by atoms with E-state index < -0.39 is 0 Å². The lowest BCUT2D eigenvalue weighted by atomic mass is 9.68. The lowest BCUT2D eigenvalue weighted by molar-refractivity contribution is 0.0885. The first-order valence-corrected chi connectivity index (χ1v) is 9.35. The van der Waals surface area contributed by atoms with Crippen molar-refractivity contribution < 1.29 is 0 Å². The minimum Gasteiger partial charge on any atom is -0.313 e. The monoisotopic (exact) mass is 290 g/mol. The van der Waals surface area contributed by atoms with Gasteiger partial charge in [-0.15, -0.1) is 0 Å². The zero-order valence-corrected chi connectivity index (χ0v) is 14.5. The normalized spacial score (nSPS) is 51.7. The molecule has 3 unspecified atom stereocenters. The minimum atomic E-state index is 0.511. The molecule has 2 heterocycles. The molecule has 4 fully saturated rings. The van der Waals surface area contributed by atoms with Crippen LogP contribution in [0.25, 0.3) is 0 Å². The van der Waals surface area contributed by atoms with Crippen LogP contribution in [0.4, 0.5) is 0 Å². The van der Waals surface area contributed by atoms with Gasteiger partial charge in [0.2, 0.25) is 0 Å².